The van der Waals surface area contributed by atoms with Crippen LogP contribution >= 0.6 is 24.0 Å². The molecule has 1 aromatic carbocycles. The average molecular weight is 527 g/mol. The maximum atomic E-state index is 11.5. The van der Waals surface area contributed by atoms with E-state index in [1.54, 1.807) is 0 Å². The van der Waals surface area contributed by atoms with Gasteiger partial charge in [-0.1, -0.05) is 38.1 Å². The van der Waals surface area contributed by atoms with Crippen LogP contribution in [-0.4, -0.2) is 53.9 Å². The largest absolute Gasteiger partial charge is 0.369 e. The van der Waals surface area contributed by atoms with Gasteiger partial charge in [0.2, 0.25) is 5.91 Å². The molecule has 3 N–H and O–H groups in total. The van der Waals surface area contributed by atoms with Gasteiger partial charge in [-0.25, -0.2) is 0 Å². The van der Waals surface area contributed by atoms with Crippen molar-refractivity contribution in [3.63, 3.8) is 0 Å². The fourth-order valence-electron chi connectivity index (χ4n) is 4.40. The number of halogens is 1. The second kappa shape index (κ2) is 9.85. The molecule has 1 unspecified atom stereocenters. The number of nitrogens with two attached hydrogens (primary N) is 1. The Bertz CT molecular complexity index is 777. The first-order valence-corrected chi connectivity index (χ1v) is 10.7. The van der Waals surface area contributed by atoms with Gasteiger partial charge in [0.1, 0.15) is 0 Å². The van der Waals surface area contributed by atoms with Crippen molar-refractivity contribution in [1.82, 2.24) is 15.1 Å². The Morgan fingerprint density at radius 2 is 1.97 bits per heavy atom. The molecule has 1 atom stereocenters. The number of primary amides is 1. The molecule has 3 rings (SSSR count). The van der Waals surface area contributed by atoms with Crippen LogP contribution in [0.3, 0.4) is 0 Å². The maximum Gasteiger partial charge on any atom is 0.221 e. The molecule has 7 heteroatoms. The van der Waals surface area contributed by atoms with Crippen molar-refractivity contribution < 1.29 is 4.79 Å². The number of hydrogen-bond donors (Lipinski definition) is 2. The highest BCUT2D eigenvalue weighted by molar-refractivity contribution is 14.0. The fourth-order valence-corrected chi connectivity index (χ4v) is 4.40. The molecule has 30 heavy (non-hydrogen) atoms. The molecule has 2 aliphatic heterocycles. The lowest BCUT2D eigenvalue weighted by Gasteiger charge is -2.62. The number of carbonyl (C=O) groups is 1. The van der Waals surface area contributed by atoms with Gasteiger partial charge in [-0.2, -0.15) is 0 Å². The summed E-state index contributed by atoms with van der Waals surface area (Å²) in [7, 11) is 1.85. The summed E-state index contributed by atoms with van der Waals surface area (Å²) in [5.41, 5.74) is 8.39. The highest BCUT2D eigenvalue weighted by atomic mass is 127. The molecule has 0 aromatic heterocycles. The summed E-state index contributed by atoms with van der Waals surface area (Å²) in [4.78, 5) is 20.7. The van der Waals surface area contributed by atoms with E-state index in [9.17, 15) is 4.79 Å². The number of aliphatic imine (C=N–C) groups is 1. The van der Waals surface area contributed by atoms with Crippen molar-refractivity contribution in [2.45, 2.75) is 59.2 Å². The molecule has 2 saturated heterocycles. The molecule has 0 saturated carbocycles. The van der Waals surface area contributed by atoms with Gasteiger partial charge in [-0.3, -0.25) is 14.7 Å². The third-order valence-electron chi connectivity index (χ3n) is 7.11. The lowest BCUT2D eigenvalue weighted by Crippen LogP contribution is -2.72. The summed E-state index contributed by atoms with van der Waals surface area (Å²) < 4.78 is 0. The molecular formula is C23H38IN5O. The molecule has 168 valence electrons. The van der Waals surface area contributed by atoms with E-state index in [1.807, 2.05) is 7.05 Å². The normalized spacial score (nSPS) is 23.3. The van der Waals surface area contributed by atoms with Crippen LogP contribution in [0.25, 0.3) is 0 Å². The van der Waals surface area contributed by atoms with Crippen molar-refractivity contribution in [2.24, 2.45) is 22.1 Å². The van der Waals surface area contributed by atoms with Crippen LogP contribution in [-0.2, 0) is 17.9 Å². The van der Waals surface area contributed by atoms with Crippen molar-refractivity contribution in [3.05, 3.63) is 35.4 Å². The van der Waals surface area contributed by atoms with Crippen LogP contribution in [0.4, 0.5) is 0 Å². The number of hydrogen-bond acceptors (Lipinski definition) is 3. The topological polar surface area (TPSA) is 74.0 Å². The van der Waals surface area contributed by atoms with E-state index in [1.165, 1.54) is 11.1 Å². The van der Waals surface area contributed by atoms with E-state index in [0.717, 1.165) is 51.5 Å². The number of piperidine rings is 1. The van der Waals surface area contributed by atoms with E-state index < -0.39 is 0 Å². The molecule has 2 aliphatic rings. The second-order valence-corrected chi connectivity index (χ2v) is 9.73. The molecular weight excluding hydrogens is 489 g/mol. The molecule has 0 radical (unpaired) electrons. The van der Waals surface area contributed by atoms with Crippen molar-refractivity contribution in [1.29, 1.82) is 0 Å². The molecule has 0 aliphatic carbocycles. The third-order valence-corrected chi connectivity index (χ3v) is 7.11. The minimum atomic E-state index is -0.170. The number of benzene rings is 1. The molecule has 0 spiro atoms. The number of rotatable bonds is 5. The van der Waals surface area contributed by atoms with E-state index in [-0.39, 0.29) is 46.8 Å². The lowest BCUT2D eigenvalue weighted by atomic mass is 9.65. The van der Waals surface area contributed by atoms with Crippen LogP contribution in [0, 0.1) is 11.3 Å². The Hall–Kier alpha value is -1.35. The summed E-state index contributed by atoms with van der Waals surface area (Å²) in [6, 6.07) is 8.67. The average Bonchev–Trinajstić information content (AvgIpc) is 2.68. The van der Waals surface area contributed by atoms with Crippen LogP contribution in [0.1, 0.15) is 51.7 Å². The standard InChI is InChI=1S/C23H37N5O.HI/c1-22(2)16-28(23(22,3)4)21(25-5)26-13-17-8-6-9-18(12-17)14-27-11-7-10-19(15-27)20(24)29;/h6,8-9,12,19H,7,10-11,13-16H2,1-5H3,(H2,24,29)(H,25,26);1H. The minimum absolute atomic E-state index is 0. The van der Waals surface area contributed by atoms with Crippen LogP contribution < -0.4 is 11.1 Å². The number of likely N-dealkylation sites (tertiary alicyclic amines) is 2. The van der Waals surface area contributed by atoms with Gasteiger partial charge in [0.15, 0.2) is 5.96 Å². The predicted octanol–water partition coefficient (Wildman–Crippen LogP) is 3.20. The summed E-state index contributed by atoms with van der Waals surface area (Å²) in [5.74, 6) is 0.775. The Morgan fingerprint density at radius 3 is 2.57 bits per heavy atom. The highest BCUT2D eigenvalue weighted by Gasteiger charge is 2.53. The van der Waals surface area contributed by atoms with Gasteiger partial charge in [-0.15, -0.1) is 24.0 Å². The second-order valence-electron chi connectivity index (χ2n) is 9.73. The smallest absolute Gasteiger partial charge is 0.221 e. The predicted molar refractivity (Wildman–Crippen MR) is 134 cm³/mol. The first-order valence-electron chi connectivity index (χ1n) is 10.7. The molecule has 6 nitrogen and oxygen atoms in total. The van der Waals surface area contributed by atoms with Crippen LogP contribution in [0.2, 0.25) is 0 Å². The van der Waals surface area contributed by atoms with E-state index in [0.29, 0.717) is 0 Å². The Morgan fingerprint density at radius 1 is 1.27 bits per heavy atom. The summed E-state index contributed by atoms with van der Waals surface area (Å²) >= 11 is 0. The van der Waals surface area contributed by atoms with Gasteiger partial charge < -0.3 is 16.0 Å². The first-order chi connectivity index (χ1) is 13.6. The molecule has 2 heterocycles. The Balaban J connectivity index is 0.00000320. The van der Waals surface area contributed by atoms with E-state index >= 15 is 0 Å². The van der Waals surface area contributed by atoms with Gasteiger partial charge in [0.05, 0.1) is 5.92 Å². The minimum Gasteiger partial charge on any atom is -0.369 e. The van der Waals surface area contributed by atoms with Crippen LogP contribution in [0.15, 0.2) is 29.3 Å². The summed E-state index contributed by atoms with van der Waals surface area (Å²) in [6.45, 7) is 13.6. The van der Waals surface area contributed by atoms with Gasteiger partial charge in [0, 0.05) is 44.2 Å². The van der Waals surface area contributed by atoms with E-state index in [4.69, 9.17) is 5.73 Å². The quantitative estimate of drug-likeness (QED) is 0.351. The molecule has 1 aromatic rings. The van der Waals surface area contributed by atoms with Crippen molar-refractivity contribution in [2.75, 3.05) is 26.7 Å². The number of amides is 1. The summed E-state index contributed by atoms with van der Waals surface area (Å²) in [6.07, 6.45) is 1.95. The van der Waals surface area contributed by atoms with E-state index in [2.05, 4.69) is 72.1 Å². The van der Waals surface area contributed by atoms with Crippen molar-refractivity contribution in [3.8, 4) is 0 Å². The molecule has 1 amide bonds. The number of nitrogens with one attached hydrogen (secondary N) is 1. The first kappa shape index (κ1) is 24.9. The monoisotopic (exact) mass is 527 g/mol. The van der Waals surface area contributed by atoms with Crippen molar-refractivity contribution >= 4 is 35.8 Å². The molecule has 0 bridgehead atoms. The Kier molecular flexibility index (Phi) is 8.18. The zero-order chi connectivity index (χ0) is 21.2. The van der Waals surface area contributed by atoms with Gasteiger partial charge >= 0.3 is 0 Å². The van der Waals surface area contributed by atoms with Gasteiger partial charge in [0.25, 0.3) is 0 Å². The zero-order valence-electron chi connectivity index (χ0n) is 19.1. The highest BCUT2D eigenvalue weighted by Crippen LogP contribution is 2.46. The number of nitrogens with zero attached hydrogens (tertiary/aromatic N) is 3. The maximum absolute atomic E-state index is 11.5. The number of carbonyl (C=O) groups excluding carboxylic acids is 1. The SMILES string of the molecule is CN=C(NCc1cccc(CN2CCCC(C(N)=O)C2)c1)N1CC(C)(C)C1(C)C.I. The van der Waals surface area contributed by atoms with Crippen LogP contribution in [0.5, 0.6) is 0 Å². The number of guanidine groups is 1. The third kappa shape index (κ3) is 5.28. The lowest BCUT2D eigenvalue weighted by molar-refractivity contribution is -0.123. The summed E-state index contributed by atoms with van der Waals surface area (Å²) in [5, 5.41) is 3.54. The fraction of sp³-hybridized carbons (Fsp3) is 0.652. The Labute approximate surface area is 198 Å². The molecule has 2 fully saturated rings. The zero-order valence-corrected chi connectivity index (χ0v) is 21.4. The van der Waals surface area contributed by atoms with Gasteiger partial charge in [-0.05, 0) is 44.4 Å².